The van der Waals surface area contributed by atoms with Crippen molar-refractivity contribution < 1.29 is 0 Å². The lowest BCUT2D eigenvalue weighted by atomic mass is 9.79. The number of rotatable bonds is 2. The maximum atomic E-state index is 5.20. The highest BCUT2D eigenvalue weighted by Gasteiger charge is 2.38. The van der Waals surface area contributed by atoms with Crippen LogP contribution in [0.25, 0.3) is 33.3 Å². The molecule has 0 fully saturated rings. The molecule has 1 heterocycles. The molecule has 0 saturated heterocycles. The van der Waals surface area contributed by atoms with Crippen LogP contribution in [-0.4, -0.2) is 4.98 Å². The van der Waals surface area contributed by atoms with Crippen molar-refractivity contribution in [3.8, 4) is 22.4 Å². The molecule has 0 amide bonds. The second-order valence-corrected chi connectivity index (χ2v) is 11.3. The summed E-state index contributed by atoms with van der Waals surface area (Å²) in [6.07, 6.45) is 1.05. The fourth-order valence-electron chi connectivity index (χ4n) is 5.53. The summed E-state index contributed by atoms with van der Waals surface area (Å²) in [4.78, 5) is 5.20. The van der Waals surface area contributed by atoms with Gasteiger partial charge in [0.25, 0.3) is 0 Å². The Balaban J connectivity index is 1.72. The average molecular weight is 420 g/mol. The predicted octanol–water partition coefficient (Wildman–Crippen LogP) is 8.41. The minimum absolute atomic E-state index is 0.0495. The average Bonchev–Trinajstić information content (AvgIpc) is 2.92. The SMILES string of the molecule is Cc1ccc2c(c1)-c1cc(C)cc(-c3ccc4c(CC(C)(C)C)cccc4n3)c1C2(C)C. The van der Waals surface area contributed by atoms with Crippen molar-refractivity contribution in [1.29, 1.82) is 0 Å². The van der Waals surface area contributed by atoms with Crippen molar-refractivity contribution in [2.24, 2.45) is 5.41 Å². The number of benzene rings is 3. The van der Waals surface area contributed by atoms with Crippen LogP contribution < -0.4 is 0 Å². The van der Waals surface area contributed by atoms with Gasteiger partial charge in [0.05, 0.1) is 11.2 Å². The van der Waals surface area contributed by atoms with E-state index in [9.17, 15) is 0 Å². The van der Waals surface area contributed by atoms with E-state index in [0.29, 0.717) is 0 Å². The quantitative estimate of drug-likeness (QED) is 0.318. The third-order valence-corrected chi connectivity index (χ3v) is 6.87. The number of pyridine rings is 1. The number of fused-ring (bicyclic) bond motifs is 4. The van der Waals surface area contributed by atoms with E-state index in [1.165, 1.54) is 49.9 Å². The summed E-state index contributed by atoms with van der Waals surface area (Å²) >= 11 is 0. The molecule has 0 unspecified atom stereocenters. The topological polar surface area (TPSA) is 12.9 Å². The van der Waals surface area contributed by atoms with Crippen molar-refractivity contribution in [2.75, 3.05) is 0 Å². The molecule has 4 aromatic rings. The van der Waals surface area contributed by atoms with Crippen LogP contribution in [-0.2, 0) is 11.8 Å². The number of aryl methyl sites for hydroxylation is 2. The van der Waals surface area contributed by atoms with Crippen LogP contribution in [0, 0.1) is 19.3 Å². The monoisotopic (exact) mass is 419 g/mol. The zero-order valence-electron chi connectivity index (χ0n) is 20.4. The molecule has 0 radical (unpaired) electrons. The lowest BCUT2D eigenvalue weighted by Gasteiger charge is -2.25. The van der Waals surface area contributed by atoms with E-state index < -0.39 is 0 Å². The first-order valence-electron chi connectivity index (χ1n) is 11.7. The van der Waals surface area contributed by atoms with Crippen LogP contribution in [0.3, 0.4) is 0 Å². The van der Waals surface area contributed by atoms with Crippen LogP contribution in [0.2, 0.25) is 0 Å². The van der Waals surface area contributed by atoms with Gasteiger partial charge >= 0.3 is 0 Å². The van der Waals surface area contributed by atoms with Gasteiger partial charge in [-0.05, 0) is 77.3 Å². The molecular formula is C31H33N. The summed E-state index contributed by atoms with van der Waals surface area (Å²) in [5.74, 6) is 0. The van der Waals surface area contributed by atoms with E-state index in [1.807, 2.05) is 0 Å². The number of hydrogen-bond acceptors (Lipinski definition) is 1. The van der Waals surface area contributed by atoms with Gasteiger partial charge in [0.15, 0.2) is 0 Å². The molecule has 0 aliphatic heterocycles. The largest absolute Gasteiger partial charge is 0.248 e. The molecule has 0 atom stereocenters. The zero-order chi connectivity index (χ0) is 22.8. The van der Waals surface area contributed by atoms with Gasteiger partial charge in [-0.15, -0.1) is 0 Å². The second kappa shape index (κ2) is 7.04. The molecule has 1 aromatic heterocycles. The van der Waals surface area contributed by atoms with Gasteiger partial charge in [-0.3, -0.25) is 0 Å². The molecular weight excluding hydrogens is 386 g/mol. The Labute approximate surface area is 192 Å². The highest BCUT2D eigenvalue weighted by atomic mass is 14.7. The molecule has 1 heteroatoms. The van der Waals surface area contributed by atoms with Gasteiger partial charge in [0.1, 0.15) is 0 Å². The molecule has 0 bridgehead atoms. The minimum atomic E-state index is -0.0495. The fourth-order valence-corrected chi connectivity index (χ4v) is 5.53. The number of aromatic nitrogens is 1. The van der Waals surface area contributed by atoms with Crippen LogP contribution >= 0.6 is 0 Å². The van der Waals surface area contributed by atoms with Crippen molar-refractivity contribution >= 4 is 10.9 Å². The van der Waals surface area contributed by atoms with Crippen LogP contribution in [0.1, 0.15) is 62.4 Å². The number of nitrogens with zero attached hydrogens (tertiary/aromatic N) is 1. The van der Waals surface area contributed by atoms with Gasteiger partial charge in [-0.1, -0.05) is 82.6 Å². The van der Waals surface area contributed by atoms with E-state index in [1.54, 1.807) is 0 Å². The van der Waals surface area contributed by atoms with Crippen LogP contribution in [0.15, 0.2) is 60.7 Å². The first-order valence-corrected chi connectivity index (χ1v) is 11.7. The van der Waals surface area contributed by atoms with E-state index >= 15 is 0 Å². The van der Waals surface area contributed by atoms with Gasteiger partial charge in [0, 0.05) is 16.4 Å². The summed E-state index contributed by atoms with van der Waals surface area (Å²) in [7, 11) is 0. The van der Waals surface area contributed by atoms with Gasteiger partial charge in [-0.25, -0.2) is 4.98 Å². The predicted molar refractivity (Wildman–Crippen MR) is 137 cm³/mol. The summed E-state index contributed by atoms with van der Waals surface area (Å²) in [6, 6.07) is 22.7. The van der Waals surface area contributed by atoms with Crippen LogP contribution in [0.4, 0.5) is 0 Å². The third-order valence-electron chi connectivity index (χ3n) is 6.87. The summed E-state index contributed by atoms with van der Waals surface area (Å²) in [6.45, 7) is 16.0. The highest BCUT2D eigenvalue weighted by molar-refractivity contribution is 5.90. The Morgan fingerprint density at radius 2 is 1.50 bits per heavy atom. The lowest BCUT2D eigenvalue weighted by molar-refractivity contribution is 0.412. The van der Waals surface area contributed by atoms with Crippen molar-refractivity contribution in [2.45, 2.75) is 60.3 Å². The Hall–Kier alpha value is -2.93. The fraction of sp³-hybridized carbons (Fsp3) is 0.323. The van der Waals surface area contributed by atoms with Gasteiger partial charge in [0.2, 0.25) is 0 Å². The normalized spacial score (nSPS) is 14.5. The van der Waals surface area contributed by atoms with Crippen molar-refractivity contribution in [3.05, 3.63) is 88.5 Å². The molecule has 0 saturated carbocycles. The molecule has 1 nitrogen and oxygen atoms in total. The molecule has 1 aliphatic carbocycles. The van der Waals surface area contributed by atoms with Crippen LogP contribution in [0.5, 0.6) is 0 Å². The van der Waals surface area contributed by atoms with Gasteiger partial charge in [-0.2, -0.15) is 0 Å². The molecule has 3 aromatic carbocycles. The standard InChI is InChI=1S/C31H33N/c1-19-11-13-26-23(15-19)24-16-20(2)17-25(29(24)31(26,6)7)28-14-12-22-21(18-30(3,4)5)9-8-10-27(22)32-28/h8-17H,18H2,1-7H3. The van der Waals surface area contributed by atoms with Crippen molar-refractivity contribution in [3.63, 3.8) is 0 Å². The maximum absolute atomic E-state index is 5.20. The Kier molecular flexibility index (Phi) is 4.60. The first-order chi connectivity index (χ1) is 15.0. The highest BCUT2D eigenvalue weighted by Crippen LogP contribution is 2.52. The molecule has 0 N–H and O–H groups in total. The lowest BCUT2D eigenvalue weighted by Crippen LogP contribution is -2.16. The molecule has 0 spiro atoms. The summed E-state index contributed by atoms with van der Waals surface area (Å²) < 4.78 is 0. The van der Waals surface area contributed by atoms with E-state index in [-0.39, 0.29) is 10.8 Å². The summed E-state index contributed by atoms with van der Waals surface area (Å²) in [5.41, 5.74) is 13.2. The second-order valence-electron chi connectivity index (χ2n) is 11.3. The molecule has 5 rings (SSSR count). The summed E-state index contributed by atoms with van der Waals surface area (Å²) in [5, 5.41) is 1.27. The Morgan fingerprint density at radius 1 is 0.781 bits per heavy atom. The van der Waals surface area contributed by atoms with E-state index in [4.69, 9.17) is 4.98 Å². The molecule has 1 aliphatic rings. The third kappa shape index (κ3) is 3.35. The number of hydrogen-bond donors (Lipinski definition) is 0. The van der Waals surface area contributed by atoms with Crippen molar-refractivity contribution in [1.82, 2.24) is 4.98 Å². The molecule has 32 heavy (non-hydrogen) atoms. The van der Waals surface area contributed by atoms with E-state index in [0.717, 1.165) is 17.6 Å². The Morgan fingerprint density at radius 3 is 2.25 bits per heavy atom. The Bertz CT molecular complexity index is 1370. The zero-order valence-corrected chi connectivity index (χ0v) is 20.4. The minimum Gasteiger partial charge on any atom is -0.248 e. The molecule has 162 valence electrons. The first kappa shape index (κ1) is 20.9. The van der Waals surface area contributed by atoms with E-state index in [2.05, 4.69) is 109 Å². The smallest absolute Gasteiger partial charge is 0.0713 e. The van der Waals surface area contributed by atoms with Gasteiger partial charge < -0.3 is 0 Å². The maximum Gasteiger partial charge on any atom is 0.0713 e.